The first kappa shape index (κ1) is 13.3. The Balaban J connectivity index is 1.80. The van der Waals surface area contributed by atoms with E-state index in [1.54, 1.807) is 0 Å². The molecular formula is C18H14N4O. The summed E-state index contributed by atoms with van der Waals surface area (Å²) < 4.78 is 0. The van der Waals surface area contributed by atoms with E-state index in [0.717, 1.165) is 16.8 Å². The molecule has 0 radical (unpaired) electrons. The second-order valence-electron chi connectivity index (χ2n) is 5.20. The molecule has 0 fully saturated rings. The second-order valence-corrected chi connectivity index (χ2v) is 5.20. The molecule has 112 valence electrons. The molecule has 2 aromatic heterocycles. The Morgan fingerprint density at radius 3 is 2.35 bits per heavy atom. The van der Waals surface area contributed by atoms with Crippen molar-refractivity contribution in [2.24, 2.45) is 0 Å². The highest BCUT2D eigenvalue weighted by Gasteiger charge is 2.12. The third kappa shape index (κ3) is 2.48. The highest BCUT2D eigenvalue weighted by atomic mass is 16.1. The lowest BCUT2D eigenvalue weighted by Gasteiger charge is -2.05. The minimum absolute atomic E-state index is 0.173. The first-order valence-corrected chi connectivity index (χ1v) is 7.30. The maximum atomic E-state index is 12.5. The van der Waals surface area contributed by atoms with Gasteiger partial charge in [0.2, 0.25) is 5.95 Å². The summed E-state index contributed by atoms with van der Waals surface area (Å²) in [4.78, 5) is 22.8. The van der Waals surface area contributed by atoms with Crippen molar-refractivity contribution in [3.05, 3.63) is 77.2 Å². The smallest absolute Gasteiger partial charge is 0.262 e. The number of aromatic nitrogens is 3. The van der Waals surface area contributed by atoms with Gasteiger partial charge in [0, 0.05) is 17.4 Å². The minimum atomic E-state index is -0.173. The summed E-state index contributed by atoms with van der Waals surface area (Å²) in [5.74, 6) is 0.412. The van der Waals surface area contributed by atoms with E-state index >= 15 is 0 Å². The summed E-state index contributed by atoms with van der Waals surface area (Å²) in [6.07, 6.45) is 1.81. The molecule has 0 aliphatic heterocycles. The highest BCUT2D eigenvalue weighted by molar-refractivity contribution is 5.93. The van der Waals surface area contributed by atoms with Crippen LogP contribution in [0.1, 0.15) is 0 Å². The van der Waals surface area contributed by atoms with Gasteiger partial charge in [-0.2, -0.15) is 4.98 Å². The first-order chi connectivity index (χ1) is 11.3. The fourth-order valence-corrected chi connectivity index (χ4v) is 2.60. The van der Waals surface area contributed by atoms with Crippen LogP contribution in [-0.4, -0.2) is 15.0 Å². The Labute approximate surface area is 132 Å². The zero-order valence-electron chi connectivity index (χ0n) is 12.2. The van der Waals surface area contributed by atoms with E-state index in [2.05, 4.69) is 20.3 Å². The molecule has 3 N–H and O–H groups in total. The van der Waals surface area contributed by atoms with Gasteiger partial charge in [0.15, 0.2) is 0 Å². The van der Waals surface area contributed by atoms with Crippen LogP contribution >= 0.6 is 0 Å². The maximum Gasteiger partial charge on any atom is 0.262 e. The van der Waals surface area contributed by atoms with Crippen LogP contribution in [0, 0.1) is 0 Å². The van der Waals surface area contributed by atoms with E-state index in [-0.39, 0.29) is 5.56 Å². The summed E-state index contributed by atoms with van der Waals surface area (Å²) >= 11 is 0. The van der Waals surface area contributed by atoms with Crippen LogP contribution < -0.4 is 10.9 Å². The summed E-state index contributed by atoms with van der Waals surface area (Å²) in [5.41, 5.74) is 3.08. The normalized spacial score (nSPS) is 10.8. The molecular weight excluding hydrogens is 288 g/mol. The van der Waals surface area contributed by atoms with Crippen molar-refractivity contribution in [2.75, 3.05) is 5.32 Å². The number of nitrogens with zero attached hydrogens (tertiary/aromatic N) is 1. The standard InChI is InChI=1S/C18H14N4O/c23-17-15-14(12-7-3-1-4-8-12)11-19-16(15)21-18(22-17)20-13-9-5-2-6-10-13/h1-11H,(H3,19,20,21,22,23). The van der Waals surface area contributed by atoms with Crippen molar-refractivity contribution in [2.45, 2.75) is 0 Å². The summed E-state index contributed by atoms with van der Waals surface area (Å²) in [6, 6.07) is 19.4. The van der Waals surface area contributed by atoms with Crippen LogP contribution in [0.2, 0.25) is 0 Å². The third-order valence-electron chi connectivity index (χ3n) is 3.66. The van der Waals surface area contributed by atoms with Crippen LogP contribution in [0.5, 0.6) is 0 Å². The molecule has 0 amide bonds. The van der Waals surface area contributed by atoms with Gasteiger partial charge in [-0.3, -0.25) is 9.78 Å². The third-order valence-corrected chi connectivity index (χ3v) is 3.66. The highest BCUT2D eigenvalue weighted by Crippen LogP contribution is 2.25. The Hall–Kier alpha value is -3.34. The number of aromatic amines is 2. The predicted octanol–water partition coefficient (Wildman–Crippen LogP) is 3.66. The fourth-order valence-electron chi connectivity index (χ4n) is 2.60. The van der Waals surface area contributed by atoms with Gasteiger partial charge < -0.3 is 10.3 Å². The Morgan fingerprint density at radius 1 is 0.913 bits per heavy atom. The van der Waals surface area contributed by atoms with Gasteiger partial charge in [-0.25, -0.2) is 0 Å². The van der Waals surface area contributed by atoms with E-state index in [1.165, 1.54) is 0 Å². The molecule has 0 atom stereocenters. The van der Waals surface area contributed by atoms with Crippen LogP contribution in [0.3, 0.4) is 0 Å². The van der Waals surface area contributed by atoms with Crippen LogP contribution in [0.25, 0.3) is 22.2 Å². The van der Waals surface area contributed by atoms with Crippen molar-refractivity contribution >= 4 is 22.7 Å². The quantitative estimate of drug-likeness (QED) is 0.540. The van der Waals surface area contributed by atoms with Gasteiger partial charge in [-0.05, 0) is 17.7 Å². The van der Waals surface area contributed by atoms with Crippen molar-refractivity contribution in [1.82, 2.24) is 15.0 Å². The second kappa shape index (κ2) is 5.46. The van der Waals surface area contributed by atoms with E-state index in [9.17, 15) is 4.79 Å². The lowest BCUT2D eigenvalue weighted by atomic mass is 10.1. The van der Waals surface area contributed by atoms with Crippen molar-refractivity contribution in [3.8, 4) is 11.1 Å². The average molecular weight is 302 g/mol. The molecule has 0 aliphatic rings. The number of nitrogens with one attached hydrogen (secondary N) is 3. The number of rotatable bonds is 3. The Kier molecular flexibility index (Phi) is 3.16. The van der Waals surface area contributed by atoms with Crippen LogP contribution in [0.4, 0.5) is 11.6 Å². The van der Waals surface area contributed by atoms with E-state index in [0.29, 0.717) is 17.0 Å². The first-order valence-electron chi connectivity index (χ1n) is 7.30. The molecule has 5 heteroatoms. The largest absolute Gasteiger partial charge is 0.345 e. The average Bonchev–Trinajstić information content (AvgIpc) is 3.01. The molecule has 2 aromatic carbocycles. The molecule has 0 saturated heterocycles. The summed E-state index contributed by atoms with van der Waals surface area (Å²) in [6.45, 7) is 0. The van der Waals surface area contributed by atoms with Gasteiger partial charge in [-0.15, -0.1) is 0 Å². The van der Waals surface area contributed by atoms with Gasteiger partial charge in [0.05, 0.1) is 5.39 Å². The van der Waals surface area contributed by atoms with Gasteiger partial charge in [0.1, 0.15) is 5.65 Å². The van der Waals surface area contributed by atoms with Crippen molar-refractivity contribution in [1.29, 1.82) is 0 Å². The lowest BCUT2D eigenvalue weighted by Crippen LogP contribution is -2.11. The number of anilines is 2. The van der Waals surface area contributed by atoms with Crippen molar-refractivity contribution < 1.29 is 0 Å². The minimum Gasteiger partial charge on any atom is -0.345 e. The number of hydrogen-bond acceptors (Lipinski definition) is 3. The number of H-pyrrole nitrogens is 2. The van der Waals surface area contributed by atoms with Crippen LogP contribution in [0.15, 0.2) is 71.7 Å². The fraction of sp³-hybridized carbons (Fsp3) is 0. The zero-order valence-corrected chi connectivity index (χ0v) is 12.2. The molecule has 2 heterocycles. The topological polar surface area (TPSA) is 73.6 Å². The maximum absolute atomic E-state index is 12.5. The predicted molar refractivity (Wildman–Crippen MR) is 91.9 cm³/mol. The zero-order chi connectivity index (χ0) is 15.6. The number of hydrogen-bond donors (Lipinski definition) is 3. The Bertz CT molecular complexity index is 1000. The molecule has 4 aromatic rings. The van der Waals surface area contributed by atoms with E-state index in [4.69, 9.17) is 0 Å². The number of benzene rings is 2. The monoisotopic (exact) mass is 302 g/mol. The van der Waals surface area contributed by atoms with Gasteiger partial charge >= 0.3 is 0 Å². The summed E-state index contributed by atoms with van der Waals surface area (Å²) in [5, 5.41) is 3.66. The lowest BCUT2D eigenvalue weighted by molar-refractivity contribution is 1.16. The molecule has 23 heavy (non-hydrogen) atoms. The van der Waals surface area contributed by atoms with Gasteiger partial charge in [-0.1, -0.05) is 48.5 Å². The molecule has 0 spiro atoms. The van der Waals surface area contributed by atoms with E-state index in [1.807, 2.05) is 66.9 Å². The van der Waals surface area contributed by atoms with Crippen molar-refractivity contribution in [3.63, 3.8) is 0 Å². The SMILES string of the molecule is O=c1[nH]c(Nc2ccccc2)nc2[nH]cc(-c3ccccc3)c12. The van der Waals surface area contributed by atoms with Gasteiger partial charge in [0.25, 0.3) is 5.56 Å². The molecule has 0 unspecified atom stereocenters. The van der Waals surface area contributed by atoms with Crippen LogP contribution in [-0.2, 0) is 0 Å². The van der Waals surface area contributed by atoms with E-state index < -0.39 is 0 Å². The summed E-state index contributed by atoms with van der Waals surface area (Å²) in [7, 11) is 0. The number of para-hydroxylation sites is 1. The Morgan fingerprint density at radius 2 is 1.61 bits per heavy atom. The molecule has 5 nitrogen and oxygen atoms in total. The molecule has 0 aliphatic carbocycles. The molecule has 0 saturated carbocycles. The molecule has 0 bridgehead atoms. The number of fused-ring (bicyclic) bond motifs is 1. The molecule has 4 rings (SSSR count).